The van der Waals surface area contributed by atoms with Gasteiger partial charge in [0.15, 0.2) is 0 Å². The number of carbonyl (C=O) groups excluding carboxylic acids is 3. The second-order valence-corrected chi connectivity index (χ2v) is 11.9. The normalized spacial score (nSPS) is 37.0. The van der Waals surface area contributed by atoms with Gasteiger partial charge in [0.05, 0.1) is 6.61 Å². The molecule has 0 heterocycles. The van der Waals surface area contributed by atoms with E-state index in [0.717, 1.165) is 51.4 Å². The van der Waals surface area contributed by atoms with Crippen LogP contribution >= 0.6 is 0 Å². The first-order chi connectivity index (χ1) is 17.7. The van der Waals surface area contributed by atoms with Gasteiger partial charge in [0.1, 0.15) is 12.2 Å². The van der Waals surface area contributed by atoms with Gasteiger partial charge in [-0.1, -0.05) is 25.5 Å². The van der Waals surface area contributed by atoms with Crippen LogP contribution in [0.2, 0.25) is 0 Å². The number of alkyl carbamates (subject to hydrolysis) is 3. The van der Waals surface area contributed by atoms with Crippen molar-refractivity contribution in [2.45, 2.75) is 83.8 Å². The monoisotopic (exact) mass is 519 g/mol. The van der Waals surface area contributed by atoms with Gasteiger partial charge in [-0.05, 0) is 73.5 Å². The minimum atomic E-state index is -0.469. The number of amides is 3. The standard InChI is InChI=1S/C28H45N3O6/c1-27-13-10-18(36-25(33)30-4)16-17(27)6-7-19-20-8-9-22(28(20,2)14-11-21(19)27)23(37-26(34)31-5)12-15-35-24(32)29-3/h6,18-23H,7-16H2,1-5H3,(H,29,32)(H,30,33)(H,31,34)/t18?,19?,20?,21?,22?,23?,27-,28+/m0/s1. The molecule has 4 aliphatic rings. The van der Waals surface area contributed by atoms with Crippen LogP contribution in [0.4, 0.5) is 14.4 Å². The summed E-state index contributed by atoms with van der Waals surface area (Å²) in [6.07, 6.45) is 9.64. The van der Waals surface area contributed by atoms with E-state index in [9.17, 15) is 14.4 Å². The van der Waals surface area contributed by atoms with E-state index in [1.165, 1.54) is 12.6 Å². The molecule has 9 nitrogen and oxygen atoms in total. The Morgan fingerprint density at radius 3 is 2.38 bits per heavy atom. The summed E-state index contributed by atoms with van der Waals surface area (Å²) in [5.41, 5.74) is 1.71. The Kier molecular flexibility index (Phi) is 8.29. The van der Waals surface area contributed by atoms with E-state index >= 15 is 0 Å². The number of ether oxygens (including phenoxy) is 3. The molecule has 6 unspecified atom stereocenters. The second-order valence-electron chi connectivity index (χ2n) is 11.9. The van der Waals surface area contributed by atoms with Crippen LogP contribution in [0.25, 0.3) is 0 Å². The summed E-state index contributed by atoms with van der Waals surface area (Å²) in [4.78, 5) is 35.6. The minimum absolute atomic E-state index is 0.0415. The lowest BCUT2D eigenvalue weighted by Gasteiger charge is -2.58. The van der Waals surface area contributed by atoms with Crippen molar-refractivity contribution in [1.29, 1.82) is 0 Å². The van der Waals surface area contributed by atoms with Crippen molar-refractivity contribution in [3.63, 3.8) is 0 Å². The molecule has 8 atom stereocenters. The summed E-state index contributed by atoms with van der Waals surface area (Å²) in [6.45, 7) is 5.06. The van der Waals surface area contributed by atoms with Gasteiger partial charge < -0.3 is 30.2 Å². The molecule has 0 aromatic carbocycles. The molecule has 0 spiro atoms. The molecule has 0 aromatic heterocycles. The van der Waals surface area contributed by atoms with E-state index in [1.54, 1.807) is 14.1 Å². The van der Waals surface area contributed by atoms with Crippen LogP contribution < -0.4 is 16.0 Å². The highest BCUT2D eigenvalue weighted by Gasteiger charge is 2.60. The molecule has 3 N–H and O–H groups in total. The van der Waals surface area contributed by atoms with Gasteiger partial charge in [-0.25, -0.2) is 14.4 Å². The quantitative estimate of drug-likeness (QED) is 0.344. The summed E-state index contributed by atoms with van der Waals surface area (Å²) in [7, 11) is 4.71. The lowest BCUT2D eigenvalue weighted by Crippen LogP contribution is -2.52. The molecule has 0 aromatic rings. The van der Waals surface area contributed by atoms with Crippen molar-refractivity contribution in [2.24, 2.45) is 34.5 Å². The first-order valence-electron chi connectivity index (χ1n) is 14.0. The van der Waals surface area contributed by atoms with Crippen LogP contribution in [0.5, 0.6) is 0 Å². The lowest BCUT2D eigenvalue weighted by molar-refractivity contribution is -0.0753. The SMILES string of the molecule is CNC(=O)OCCC(OC(=O)NC)C1CCC2C3CC=C4CC(OC(=O)NC)CC[C@]4(C)C3CC[C@@]12C. The van der Waals surface area contributed by atoms with Crippen LogP contribution in [0, 0.1) is 34.5 Å². The zero-order valence-electron chi connectivity index (χ0n) is 23.1. The van der Waals surface area contributed by atoms with Crippen molar-refractivity contribution in [2.75, 3.05) is 27.7 Å². The van der Waals surface area contributed by atoms with E-state index in [0.29, 0.717) is 24.2 Å². The maximum atomic E-state index is 12.2. The number of carbonyl (C=O) groups is 3. The summed E-state index contributed by atoms with van der Waals surface area (Å²) in [5, 5.41) is 7.64. The minimum Gasteiger partial charge on any atom is -0.449 e. The highest BCUT2D eigenvalue weighted by molar-refractivity contribution is 5.67. The largest absolute Gasteiger partial charge is 0.449 e. The van der Waals surface area contributed by atoms with Gasteiger partial charge in [-0.3, -0.25) is 0 Å². The Hall–Kier alpha value is -2.45. The van der Waals surface area contributed by atoms with E-state index in [2.05, 4.69) is 35.9 Å². The number of hydrogen-bond acceptors (Lipinski definition) is 6. The Balaban J connectivity index is 1.49. The maximum absolute atomic E-state index is 12.2. The molecule has 37 heavy (non-hydrogen) atoms. The summed E-state index contributed by atoms with van der Waals surface area (Å²) < 4.78 is 16.8. The number of allylic oxidation sites excluding steroid dienone is 1. The van der Waals surface area contributed by atoms with Gasteiger partial charge in [0, 0.05) is 39.9 Å². The molecule has 0 aliphatic heterocycles. The zero-order chi connectivity index (χ0) is 26.8. The third-order valence-corrected chi connectivity index (χ3v) is 10.4. The highest BCUT2D eigenvalue weighted by Crippen LogP contribution is 2.67. The molecule has 4 aliphatic carbocycles. The smallest absolute Gasteiger partial charge is 0.407 e. The van der Waals surface area contributed by atoms with Crippen molar-refractivity contribution in [1.82, 2.24) is 16.0 Å². The molecule has 4 rings (SSSR count). The molecule has 3 saturated carbocycles. The molecule has 0 saturated heterocycles. The molecular weight excluding hydrogens is 474 g/mol. The van der Waals surface area contributed by atoms with E-state index in [1.807, 2.05) is 0 Å². The summed E-state index contributed by atoms with van der Waals surface area (Å²) in [6, 6.07) is 0. The van der Waals surface area contributed by atoms with Gasteiger partial charge >= 0.3 is 18.3 Å². The molecule has 3 fully saturated rings. The first-order valence-corrected chi connectivity index (χ1v) is 14.0. The molecular formula is C28H45N3O6. The predicted octanol–water partition coefficient (Wildman–Crippen LogP) is 4.76. The second kappa shape index (κ2) is 11.1. The topological polar surface area (TPSA) is 115 Å². The van der Waals surface area contributed by atoms with Gasteiger partial charge in [0.2, 0.25) is 0 Å². The average Bonchev–Trinajstić information content (AvgIpc) is 3.25. The molecule has 0 radical (unpaired) electrons. The van der Waals surface area contributed by atoms with Gasteiger partial charge in [-0.2, -0.15) is 0 Å². The van der Waals surface area contributed by atoms with E-state index < -0.39 is 12.2 Å². The van der Waals surface area contributed by atoms with Crippen molar-refractivity contribution in [3.05, 3.63) is 11.6 Å². The molecule has 0 bridgehead atoms. The Labute approximate surface area is 220 Å². The Bertz CT molecular complexity index is 908. The predicted molar refractivity (Wildman–Crippen MR) is 139 cm³/mol. The van der Waals surface area contributed by atoms with Crippen LogP contribution in [0.1, 0.15) is 71.6 Å². The number of fused-ring (bicyclic) bond motifs is 5. The number of rotatable bonds is 6. The third kappa shape index (κ3) is 5.28. The summed E-state index contributed by atoms with van der Waals surface area (Å²) >= 11 is 0. The van der Waals surface area contributed by atoms with Gasteiger partial charge in [-0.15, -0.1) is 0 Å². The molecule has 9 heteroatoms. The van der Waals surface area contributed by atoms with Crippen molar-refractivity contribution in [3.8, 4) is 0 Å². The van der Waals surface area contributed by atoms with Crippen molar-refractivity contribution < 1.29 is 28.6 Å². The molecule has 3 amide bonds. The highest BCUT2D eigenvalue weighted by atomic mass is 16.6. The van der Waals surface area contributed by atoms with E-state index in [-0.39, 0.29) is 41.7 Å². The van der Waals surface area contributed by atoms with Crippen LogP contribution in [0.15, 0.2) is 11.6 Å². The van der Waals surface area contributed by atoms with E-state index in [4.69, 9.17) is 14.2 Å². The number of nitrogens with one attached hydrogen (secondary N) is 3. The fourth-order valence-electron chi connectivity index (χ4n) is 8.47. The fraction of sp³-hybridized carbons (Fsp3) is 0.821. The maximum Gasteiger partial charge on any atom is 0.407 e. The van der Waals surface area contributed by atoms with Crippen LogP contribution in [-0.2, 0) is 14.2 Å². The fourth-order valence-corrected chi connectivity index (χ4v) is 8.47. The average molecular weight is 520 g/mol. The van der Waals surface area contributed by atoms with Gasteiger partial charge in [0.25, 0.3) is 0 Å². The third-order valence-electron chi connectivity index (χ3n) is 10.4. The first kappa shape index (κ1) is 27.6. The Morgan fingerprint density at radius 1 is 0.946 bits per heavy atom. The Morgan fingerprint density at radius 2 is 1.68 bits per heavy atom. The van der Waals surface area contributed by atoms with Crippen LogP contribution in [0.3, 0.4) is 0 Å². The zero-order valence-corrected chi connectivity index (χ0v) is 23.1. The number of hydrogen-bond donors (Lipinski definition) is 3. The summed E-state index contributed by atoms with van der Waals surface area (Å²) in [5.74, 6) is 2.04. The van der Waals surface area contributed by atoms with Crippen molar-refractivity contribution >= 4 is 18.3 Å². The lowest BCUT2D eigenvalue weighted by atomic mass is 9.47. The van der Waals surface area contributed by atoms with Crippen LogP contribution in [-0.4, -0.2) is 58.2 Å². The molecule has 208 valence electrons.